The lowest BCUT2D eigenvalue weighted by Gasteiger charge is -2.09. The van der Waals surface area contributed by atoms with Crippen LogP contribution in [0, 0.1) is 0 Å². The Balaban J connectivity index is 2.52. The second kappa shape index (κ2) is 3.84. The predicted octanol–water partition coefficient (Wildman–Crippen LogP) is 1.68. The van der Waals surface area contributed by atoms with Gasteiger partial charge in [-0.1, -0.05) is 19.1 Å². The van der Waals surface area contributed by atoms with Gasteiger partial charge in [-0.3, -0.25) is 0 Å². The number of nitrogens with two attached hydrogens (primary N) is 1. The standard InChI is InChI=1S/C11H14N4O/c1-7(2)10-11(12)13-14-15(10)8-3-5-9(16)6-4-8/h3-7,16H,12H2,1-2H3. The number of aromatic hydroxyl groups is 1. The summed E-state index contributed by atoms with van der Waals surface area (Å²) >= 11 is 0. The molecule has 1 aromatic carbocycles. The van der Waals surface area contributed by atoms with E-state index in [0.717, 1.165) is 11.4 Å². The molecule has 0 aliphatic carbocycles. The van der Waals surface area contributed by atoms with Crippen LogP contribution in [-0.4, -0.2) is 20.1 Å². The summed E-state index contributed by atoms with van der Waals surface area (Å²) in [5.74, 6) is 0.912. The number of phenols is 1. The van der Waals surface area contributed by atoms with Crippen molar-refractivity contribution in [1.82, 2.24) is 15.0 Å². The lowest BCUT2D eigenvalue weighted by atomic mass is 10.1. The van der Waals surface area contributed by atoms with Crippen LogP contribution in [0.1, 0.15) is 25.5 Å². The van der Waals surface area contributed by atoms with Crippen molar-refractivity contribution in [1.29, 1.82) is 0 Å². The average Bonchev–Trinajstić information content (AvgIpc) is 2.61. The number of nitrogens with zero attached hydrogens (tertiary/aromatic N) is 3. The molecule has 1 heterocycles. The van der Waals surface area contributed by atoms with Crippen molar-refractivity contribution in [3.8, 4) is 11.4 Å². The molecule has 5 heteroatoms. The maximum atomic E-state index is 9.22. The van der Waals surface area contributed by atoms with Crippen LogP contribution in [0.25, 0.3) is 5.69 Å². The van der Waals surface area contributed by atoms with Crippen molar-refractivity contribution >= 4 is 5.82 Å². The van der Waals surface area contributed by atoms with Gasteiger partial charge >= 0.3 is 0 Å². The van der Waals surface area contributed by atoms with Crippen LogP contribution in [0.3, 0.4) is 0 Å². The van der Waals surface area contributed by atoms with Gasteiger partial charge in [-0.2, -0.15) is 0 Å². The summed E-state index contributed by atoms with van der Waals surface area (Å²) in [5.41, 5.74) is 7.48. The Bertz CT molecular complexity index is 487. The van der Waals surface area contributed by atoms with E-state index in [9.17, 15) is 5.11 Å². The van der Waals surface area contributed by atoms with Crippen molar-refractivity contribution in [3.05, 3.63) is 30.0 Å². The van der Waals surface area contributed by atoms with E-state index in [2.05, 4.69) is 10.3 Å². The van der Waals surface area contributed by atoms with Gasteiger partial charge in [-0.25, -0.2) is 4.68 Å². The molecule has 0 aliphatic rings. The molecule has 3 N–H and O–H groups in total. The topological polar surface area (TPSA) is 77.0 Å². The van der Waals surface area contributed by atoms with Crippen LogP contribution in [0.5, 0.6) is 5.75 Å². The van der Waals surface area contributed by atoms with Gasteiger partial charge in [0.25, 0.3) is 0 Å². The first kappa shape index (κ1) is 10.5. The first-order valence-corrected chi connectivity index (χ1v) is 5.10. The van der Waals surface area contributed by atoms with Gasteiger partial charge in [0, 0.05) is 0 Å². The van der Waals surface area contributed by atoms with E-state index in [4.69, 9.17) is 5.73 Å². The van der Waals surface area contributed by atoms with Crippen LogP contribution in [0.2, 0.25) is 0 Å². The maximum Gasteiger partial charge on any atom is 0.169 e. The molecule has 0 fully saturated rings. The number of benzene rings is 1. The van der Waals surface area contributed by atoms with Crippen LogP contribution >= 0.6 is 0 Å². The fourth-order valence-corrected chi connectivity index (χ4v) is 1.63. The Morgan fingerprint density at radius 2 is 1.88 bits per heavy atom. The fraction of sp³-hybridized carbons (Fsp3) is 0.273. The van der Waals surface area contributed by atoms with Crippen molar-refractivity contribution < 1.29 is 5.11 Å². The Morgan fingerprint density at radius 3 is 2.44 bits per heavy atom. The van der Waals surface area contributed by atoms with E-state index < -0.39 is 0 Å². The Kier molecular flexibility index (Phi) is 2.52. The number of hydrogen-bond donors (Lipinski definition) is 2. The molecule has 0 unspecified atom stereocenters. The van der Waals surface area contributed by atoms with Crippen LogP contribution in [-0.2, 0) is 0 Å². The van der Waals surface area contributed by atoms with Crippen molar-refractivity contribution in [2.24, 2.45) is 0 Å². The van der Waals surface area contributed by atoms with Gasteiger partial charge in [-0.05, 0) is 30.2 Å². The van der Waals surface area contributed by atoms with Gasteiger partial charge < -0.3 is 10.8 Å². The molecule has 84 valence electrons. The molecule has 1 aromatic heterocycles. The maximum absolute atomic E-state index is 9.22. The average molecular weight is 218 g/mol. The molecule has 0 bridgehead atoms. The van der Waals surface area contributed by atoms with E-state index in [0.29, 0.717) is 5.82 Å². The highest BCUT2D eigenvalue weighted by Gasteiger charge is 2.14. The summed E-state index contributed by atoms with van der Waals surface area (Å²) in [6.07, 6.45) is 0. The molecule has 5 nitrogen and oxygen atoms in total. The van der Waals surface area contributed by atoms with Gasteiger partial charge in [0.2, 0.25) is 0 Å². The minimum Gasteiger partial charge on any atom is -0.508 e. The largest absolute Gasteiger partial charge is 0.508 e. The summed E-state index contributed by atoms with van der Waals surface area (Å²) in [6, 6.07) is 6.76. The zero-order valence-electron chi connectivity index (χ0n) is 9.25. The third-order valence-electron chi connectivity index (χ3n) is 2.37. The lowest BCUT2D eigenvalue weighted by Crippen LogP contribution is -2.05. The van der Waals surface area contributed by atoms with Crippen molar-refractivity contribution in [3.63, 3.8) is 0 Å². The predicted molar refractivity (Wildman–Crippen MR) is 61.5 cm³/mol. The van der Waals surface area contributed by atoms with Gasteiger partial charge in [0.05, 0.1) is 11.4 Å². The molecule has 0 spiro atoms. The van der Waals surface area contributed by atoms with Crippen LogP contribution in [0.15, 0.2) is 24.3 Å². The van der Waals surface area contributed by atoms with E-state index in [1.165, 1.54) is 0 Å². The summed E-state index contributed by atoms with van der Waals surface area (Å²) in [6.45, 7) is 4.07. The normalized spacial score (nSPS) is 10.9. The zero-order valence-corrected chi connectivity index (χ0v) is 9.25. The molecule has 0 amide bonds. The Morgan fingerprint density at radius 1 is 1.25 bits per heavy atom. The fourth-order valence-electron chi connectivity index (χ4n) is 1.63. The molecule has 0 aliphatic heterocycles. The SMILES string of the molecule is CC(C)c1c(N)nnn1-c1ccc(O)cc1. The molecule has 0 saturated heterocycles. The van der Waals surface area contributed by atoms with Gasteiger partial charge in [0.15, 0.2) is 5.82 Å². The van der Waals surface area contributed by atoms with Crippen molar-refractivity contribution in [2.75, 3.05) is 5.73 Å². The number of rotatable bonds is 2. The van der Waals surface area contributed by atoms with Crippen LogP contribution < -0.4 is 5.73 Å². The first-order chi connectivity index (χ1) is 7.59. The van der Waals surface area contributed by atoms with E-state index in [1.54, 1.807) is 28.9 Å². The van der Waals surface area contributed by atoms with Gasteiger partial charge in [-0.15, -0.1) is 5.10 Å². The van der Waals surface area contributed by atoms with E-state index in [-0.39, 0.29) is 11.7 Å². The molecule has 0 saturated carbocycles. The second-order valence-corrected chi connectivity index (χ2v) is 3.94. The monoisotopic (exact) mass is 218 g/mol. The first-order valence-electron chi connectivity index (χ1n) is 5.10. The summed E-state index contributed by atoms with van der Waals surface area (Å²) in [7, 11) is 0. The highest BCUT2D eigenvalue weighted by molar-refractivity contribution is 5.43. The summed E-state index contributed by atoms with van der Waals surface area (Å²) in [5, 5.41) is 17.1. The molecule has 0 atom stereocenters. The quantitative estimate of drug-likeness (QED) is 0.804. The third kappa shape index (κ3) is 1.71. The minimum absolute atomic E-state index is 0.225. The van der Waals surface area contributed by atoms with Gasteiger partial charge in [0.1, 0.15) is 5.75 Å². The van der Waals surface area contributed by atoms with E-state index in [1.807, 2.05) is 13.8 Å². The summed E-state index contributed by atoms with van der Waals surface area (Å²) < 4.78 is 1.69. The number of anilines is 1. The lowest BCUT2D eigenvalue weighted by molar-refractivity contribution is 0.475. The smallest absolute Gasteiger partial charge is 0.169 e. The summed E-state index contributed by atoms with van der Waals surface area (Å²) in [4.78, 5) is 0. The molecule has 0 radical (unpaired) electrons. The van der Waals surface area contributed by atoms with E-state index >= 15 is 0 Å². The highest BCUT2D eigenvalue weighted by atomic mass is 16.3. The van der Waals surface area contributed by atoms with Crippen molar-refractivity contribution in [2.45, 2.75) is 19.8 Å². The number of nitrogen functional groups attached to an aromatic ring is 1. The number of aromatic nitrogens is 3. The second-order valence-electron chi connectivity index (χ2n) is 3.94. The number of hydrogen-bond acceptors (Lipinski definition) is 4. The zero-order chi connectivity index (χ0) is 11.7. The number of phenolic OH excluding ortho intramolecular Hbond substituents is 1. The Labute approximate surface area is 93.5 Å². The molecular weight excluding hydrogens is 204 g/mol. The molecule has 2 rings (SSSR count). The highest BCUT2D eigenvalue weighted by Crippen LogP contribution is 2.23. The molecule has 16 heavy (non-hydrogen) atoms. The third-order valence-corrected chi connectivity index (χ3v) is 2.37. The molecular formula is C11H14N4O. The minimum atomic E-state index is 0.225. The Hall–Kier alpha value is -2.04. The van der Waals surface area contributed by atoms with Crippen LogP contribution in [0.4, 0.5) is 5.82 Å². The molecule has 2 aromatic rings.